The topological polar surface area (TPSA) is 84.7 Å². The van der Waals surface area contributed by atoms with Crippen LogP contribution in [0.25, 0.3) is 33.4 Å². The molecular formula is C23H20Cl2N4O. The van der Waals surface area contributed by atoms with Gasteiger partial charge in [0.2, 0.25) is 0 Å². The predicted molar refractivity (Wildman–Crippen MR) is 124 cm³/mol. The van der Waals surface area contributed by atoms with Gasteiger partial charge in [0.05, 0.1) is 16.1 Å². The fraction of sp³-hybridized carbons (Fsp3) is 0.174. The molecule has 0 aliphatic carbocycles. The Labute approximate surface area is 183 Å². The summed E-state index contributed by atoms with van der Waals surface area (Å²) in [7, 11) is 0. The van der Waals surface area contributed by atoms with Crippen LogP contribution in [-0.2, 0) is 5.41 Å². The highest BCUT2D eigenvalue weighted by Gasteiger charge is 2.21. The average molecular weight is 439 g/mol. The van der Waals surface area contributed by atoms with Crippen LogP contribution in [0.5, 0.6) is 0 Å². The van der Waals surface area contributed by atoms with Gasteiger partial charge < -0.3 is 10.7 Å². The second kappa shape index (κ2) is 7.42. The monoisotopic (exact) mass is 438 g/mol. The number of aromatic nitrogens is 3. The van der Waals surface area contributed by atoms with Gasteiger partial charge in [0, 0.05) is 27.3 Å². The van der Waals surface area contributed by atoms with E-state index in [1.165, 1.54) is 0 Å². The lowest BCUT2D eigenvalue weighted by Crippen LogP contribution is -2.22. The van der Waals surface area contributed by atoms with E-state index in [-0.39, 0.29) is 11.0 Å². The summed E-state index contributed by atoms with van der Waals surface area (Å²) in [5.74, 6) is 0.570. The molecule has 4 rings (SSSR count). The van der Waals surface area contributed by atoms with Crippen LogP contribution in [0.3, 0.4) is 0 Å². The number of benzene rings is 2. The second-order valence-corrected chi connectivity index (χ2v) is 9.01. The quantitative estimate of drug-likeness (QED) is 0.385. The minimum absolute atomic E-state index is 0.234. The highest BCUT2D eigenvalue weighted by molar-refractivity contribution is 6.33. The maximum Gasteiger partial charge on any atom is 0.260 e. The van der Waals surface area contributed by atoms with Gasteiger partial charge in [-0.15, -0.1) is 0 Å². The van der Waals surface area contributed by atoms with E-state index >= 15 is 0 Å². The highest BCUT2D eigenvalue weighted by atomic mass is 35.5. The third kappa shape index (κ3) is 3.78. The second-order valence-electron chi connectivity index (χ2n) is 8.17. The summed E-state index contributed by atoms with van der Waals surface area (Å²) in [6.07, 6.45) is 0. The Morgan fingerprint density at radius 2 is 1.63 bits per heavy atom. The smallest absolute Gasteiger partial charge is 0.260 e. The van der Waals surface area contributed by atoms with E-state index in [0.717, 1.165) is 11.1 Å². The van der Waals surface area contributed by atoms with Crippen molar-refractivity contribution < 1.29 is 0 Å². The van der Waals surface area contributed by atoms with Gasteiger partial charge in [0.1, 0.15) is 5.82 Å². The molecule has 2 aromatic carbocycles. The number of H-pyrrole nitrogens is 1. The third-order valence-electron chi connectivity index (χ3n) is 4.81. The molecule has 2 aromatic heterocycles. The molecule has 0 spiro atoms. The molecule has 0 saturated carbocycles. The van der Waals surface area contributed by atoms with Crippen molar-refractivity contribution in [1.29, 1.82) is 0 Å². The molecule has 30 heavy (non-hydrogen) atoms. The summed E-state index contributed by atoms with van der Waals surface area (Å²) in [6, 6.07) is 14.4. The zero-order valence-electron chi connectivity index (χ0n) is 16.8. The molecule has 2 heterocycles. The molecule has 152 valence electrons. The lowest BCUT2D eigenvalue weighted by Gasteiger charge is -2.18. The Kier molecular flexibility index (Phi) is 5.04. The van der Waals surface area contributed by atoms with Crippen LogP contribution < -0.4 is 11.3 Å². The first-order valence-corrected chi connectivity index (χ1v) is 10.2. The van der Waals surface area contributed by atoms with Gasteiger partial charge in [0.15, 0.2) is 5.65 Å². The van der Waals surface area contributed by atoms with Gasteiger partial charge >= 0.3 is 0 Å². The maximum absolute atomic E-state index is 12.8. The van der Waals surface area contributed by atoms with Crippen LogP contribution in [0.15, 0.2) is 53.3 Å². The molecule has 0 radical (unpaired) electrons. The largest absolute Gasteiger partial charge is 0.399 e. The molecular weight excluding hydrogens is 419 g/mol. The van der Waals surface area contributed by atoms with Crippen molar-refractivity contribution in [2.75, 3.05) is 5.73 Å². The van der Waals surface area contributed by atoms with Crippen molar-refractivity contribution in [2.24, 2.45) is 0 Å². The lowest BCUT2D eigenvalue weighted by atomic mass is 9.95. The molecule has 4 aromatic rings. The molecule has 0 bridgehead atoms. The average Bonchev–Trinajstić information content (AvgIpc) is 2.67. The van der Waals surface area contributed by atoms with E-state index in [9.17, 15) is 4.79 Å². The van der Waals surface area contributed by atoms with Crippen molar-refractivity contribution in [2.45, 2.75) is 26.2 Å². The molecule has 7 heteroatoms. The number of nitrogen functional groups attached to an aromatic ring is 1. The van der Waals surface area contributed by atoms with Crippen molar-refractivity contribution in [3.8, 4) is 22.4 Å². The van der Waals surface area contributed by atoms with E-state index in [1.54, 1.807) is 30.3 Å². The Morgan fingerprint density at radius 3 is 2.27 bits per heavy atom. The van der Waals surface area contributed by atoms with E-state index in [1.807, 2.05) is 39.0 Å². The predicted octanol–water partition coefficient (Wildman–Crippen LogP) is 5.84. The van der Waals surface area contributed by atoms with Gasteiger partial charge in [0.25, 0.3) is 5.56 Å². The van der Waals surface area contributed by atoms with E-state index in [2.05, 4.69) is 9.97 Å². The van der Waals surface area contributed by atoms with E-state index in [0.29, 0.717) is 43.8 Å². The number of halogens is 2. The number of hydrogen-bond acceptors (Lipinski definition) is 4. The van der Waals surface area contributed by atoms with Crippen LogP contribution in [0.4, 0.5) is 5.69 Å². The molecule has 0 saturated heterocycles. The molecule has 3 N–H and O–H groups in total. The van der Waals surface area contributed by atoms with Crippen molar-refractivity contribution in [1.82, 2.24) is 15.0 Å². The van der Waals surface area contributed by atoms with Crippen LogP contribution in [0, 0.1) is 0 Å². The van der Waals surface area contributed by atoms with Gasteiger partial charge in [-0.3, -0.25) is 4.79 Å². The summed E-state index contributed by atoms with van der Waals surface area (Å²) >= 11 is 12.6. The first-order chi connectivity index (χ1) is 14.1. The van der Waals surface area contributed by atoms with Crippen LogP contribution in [0.2, 0.25) is 10.0 Å². The lowest BCUT2D eigenvalue weighted by molar-refractivity contribution is 0.545. The van der Waals surface area contributed by atoms with Crippen LogP contribution in [0.1, 0.15) is 26.6 Å². The van der Waals surface area contributed by atoms with Gasteiger partial charge in [-0.25, -0.2) is 9.97 Å². The van der Waals surface area contributed by atoms with E-state index < -0.39 is 0 Å². The summed E-state index contributed by atoms with van der Waals surface area (Å²) < 4.78 is 0. The summed E-state index contributed by atoms with van der Waals surface area (Å²) in [5.41, 5.74) is 9.16. The molecule has 0 unspecified atom stereocenters. The zero-order valence-corrected chi connectivity index (χ0v) is 18.3. The highest BCUT2D eigenvalue weighted by Crippen LogP contribution is 2.37. The number of pyridine rings is 1. The fourth-order valence-electron chi connectivity index (χ4n) is 3.20. The zero-order chi connectivity index (χ0) is 21.6. The summed E-state index contributed by atoms with van der Waals surface area (Å²) in [5, 5.41) is 1.50. The molecule has 5 nitrogen and oxygen atoms in total. The Balaban J connectivity index is 2.08. The first kappa shape index (κ1) is 20.4. The standard InChI is InChI=1S/C23H20Cl2N4O/c1-23(2,3)22-28-20-17(21(30)29-22)11-16(12-4-6-13(24)7-5-12)19(27-20)15-9-8-14(26)10-18(15)25/h4-11H,26H2,1-3H3,(H,27,28,29,30). The molecule has 0 atom stereocenters. The number of rotatable bonds is 2. The molecule has 0 aliphatic rings. The van der Waals surface area contributed by atoms with Crippen molar-refractivity contribution in [3.05, 3.63) is 74.8 Å². The molecule has 0 amide bonds. The number of anilines is 1. The number of fused-ring (bicyclic) bond motifs is 1. The number of nitrogens with two attached hydrogens (primary N) is 1. The first-order valence-electron chi connectivity index (χ1n) is 9.40. The van der Waals surface area contributed by atoms with E-state index in [4.69, 9.17) is 33.9 Å². The number of nitrogens with zero attached hydrogens (tertiary/aromatic N) is 2. The summed E-state index contributed by atoms with van der Waals surface area (Å²) in [6.45, 7) is 5.95. The Morgan fingerprint density at radius 1 is 0.933 bits per heavy atom. The minimum atomic E-state index is -0.330. The SMILES string of the molecule is CC(C)(C)c1nc2nc(-c3ccc(N)cc3Cl)c(-c3ccc(Cl)cc3)cc2c(=O)[nH]1. The van der Waals surface area contributed by atoms with Crippen LogP contribution in [-0.4, -0.2) is 15.0 Å². The Hall–Kier alpha value is -2.89. The minimum Gasteiger partial charge on any atom is -0.399 e. The normalized spacial score (nSPS) is 11.8. The molecule has 0 fully saturated rings. The van der Waals surface area contributed by atoms with Crippen LogP contribution >= 0.6 is 23.2 Å². The number of aromatic amines is 1. The van der Waals surface area contributed by atoms with Crippen molar-refractivity contribution in [3.63, 3.8) is 0 Å². The third-order valence-corrected chi connectivity index (χ3v) is 5.38. The van der Waals surface area contributed by atoms with Crippen molar-refractivity contribution >= 4 is 39.9 Å². The van der Waals surface area contributed by atoms with Gasteiger partial charge in [-0.2, -0.15) is 0 Å². The Bertz CT molecular complexity index is 1320. The summed E-state index contributed by atoms with van der Waals surface area (Å²) in [4.78, 5) is 25.1. The number of hydrogen-bond donors (Lipinski definition) is 2. The molecule has 0 aliphatic heterocycles. The fourth-order valence-corrected chi connectivity index (χ4v) is 3.60. The van der Waals surface area contributed by atoms with Gasteiger partial charge in [-0.05, 0) is 42.0 Å². The maximum atomic E-state index is 12.8. The van der Waals surface area contributed by atoms with Gasteiger partial charge in [-0.1, -0.05) is 56.1 Å². The number of nitrogens with one attached hydrogen (secondary N) is 1.